The van der Waals surface area contributed by atoms with Crippen LogP contribution >= 0.6 is 11.6 Å². The number of aromatic nitrogens is 1. The molecule has 0 aliphatic carbocycles. The second kappa shape index (κ2) is 2.75. The van der Waals surface area contributed by atoms with Crippen molar-refractivity contribution in [3.05, 3.63) is 27.6 Å². The first-order valence-corrected chi connectivity index (χ1v) is 3.18. The highest BCUT2D eigenvalue weighted by molar-refractivity contribution is 6.29. The Morgan fingerprint density at radius 3 is 2.80 bits per heavy atom. The van der Waals surface area contributed by atoms with E-state index in [1.807, 2.05) is 0 Å². The molecule has 0 aromatic carbocycles. The van der Waals surface area contributed by atoms with Gasteiger partial charge in [0.05, 0.1) is 0 Å². The lowest BCUT2D eigenvalue weighted by atomic mass is 10.4. The topological polar surface area (TPSA) is 44.9 Å². The molecule has 1 aromatic heterocycles. The predicted molar refractivity (Wildman–Crippen MR) is 41.6 cm³/mol. The molecule has 3 nitrogen and oxygen atoms in total. The van der Waals surface area contributed by atoms with Crippen LogP contribution in [0.25, 0.3) is 0 Å². The van der Waals surface area contributed by atoms with Gasteiger partial charge < -0.3 is 10.3 Å². The summed E-state index contributed by atoms with van der Waals surface area (Å²) in [6.07, 6.45) is 0. The van der Waals surface area contributed by atoms with Gasteiger partial charge in [-0.3, -0.25) is 4.79 Å². The van der Waals surface area contributed by atoms with Gasteiger partial charge in [0.25, 0.3) is 5.56 Å². The maximum Gasteiger partial charge on any atom is 0.272 e. The summed E-state index contributed by atoms with van der Waals surface area (Å²) in [5.74, 6) is 0. The highest BCUT2D eigenvalue weighted by Gasteiger charge is 1.94. The fourth-order valence-corrected chi connectivity index (χ4v) is 0.795. The molecule has 1 rings (SSSR count). The van der Waals surface area contributed by atoms with Gasteiger partial charge in [-0.1, -0.05) is 11.6 Å². The SMILES string of the molecule is CNc1ccc(Cl)[nH]c1=O. The molecular weight excluding hydrogens is 152 g/mol. The zero-order chi connectivity index (χ0) is 7.56. The molecule has 0 unspecified atom stereocenters. The number of aromatic amines is 1. The molecular formula is C6H7ClN2O. The molecule has 0 bridgehead atoms. The third-order valence-corrected chi connectivity index (χ3v) is 1.36. The van der Waals surface area contributed by atoms with Crippen molar-refractivity contribution in [2.75, 3.05) is 12.4 Å². The van der Waals surface area contributed by atoms with Gasteiger partial charge in [0, 0.05) is 7.05 Å². The van der Waals surface area contributed by atoms with Crippen LogP contribution in [-0.4, -0.2) is 12.0 Å². The lowest BCUT2D eigenvalue weighted by molar-refractivity contribution is 1.23. The molecule has 0 radical (unpaired) electrons. The first kappa shape index (κ1) is 7.15. The van der Waals surface area contributed by atoms with Gasteiger partial charge >= 0.3 is 0 Å². The largest absolute Gasteiger partial charge is 0.384 e. The molecule has 0 fully saturated rings. The Bertz CT molecular complexity index is 281. The fourth-order valence-electron chi connectivity index (χ4n) is 0.647. The van der Waals surface area contributed by atoms with Crippen LogP contribution < -0.4 is 10.9 Å². The fraction of sp³-hybridized carbons (Fsp3) is 0.167. The van der Waals surface area contributed by atoms with Gasteiger partial charge in [-0.15, -0.1) is 0 Å². The summed E-state index contributed by atoms with van der Waals surface area (Å²) in [5, 5.41) is 3.07. The van der Waals surface area contributed by atoms with Crippen LogP contribution in [-0.2, 0) is 0 Å². The van der Waals surface area contributed by atoms with Crippen molar-refractivity contribution in [2.24, 2.45) is 0 Å². The average Bonchev–Trinajstić information content (AvgIpc) is 1.88. The smallest absolute Gasteiger partial charge is 0.272 e. The van der Waals surface area contributed by atoms with Gasteiger partial charge in [0.1, 0.15) is 10.8 Å². The monoisotopic (exact) mass is 158 g/mol. The highest BCUT2D eigenvalue weighted by atomic mass is 35.5. The van der Waals surface area contributed by atoms with Crippen molar-refractivity contribution < 1.29 is 0 Å². The van der Waals surface area contributed by atoms with Gasteiger partial charge in [-0.2, -0.15) is 0 Å². The molecule has 0 spiro atoms. The lowest BCUT2D eigenvalue weighted by Gasteiger charge is -1.96. The summed E-state index contributed by atoms with van der Waals surface area (Å²) in [6.45, 7) is 0. The van der Waals surface area contributed by atoms with Crippen molar-refractivity contribution in [1.29, 1.82) is 0 Å². The Labute approximate surface area is 63.0 Å². The van der Waals surface area contributed by atoms with Crippen LogP contribution in [0.5, 0.6) is 0 Å². The quantitative estimate of drug-likeness (QED) is 0.601. The summed E-state index contributed by atoms with van der Waals surface area (Å²) >= 11 is 5.49. The molecule has 1 aromatic rings. The Hall–Kier alpha value is -0.960. The molecule has 4 heteroatoms. The standard InChI is InChI=1S/C6H7ClN2O/c1-8-4-2-3-5(7)9-6(4)10/h2-3,8H,1H3,(H,9,10). The van der Waals surface area contributed by atoms with Crippen molar-refractivity contribution in [3.63, 3.8) is 0 Å². The van der Waals surface area contributed by atoms with Gasteiger partial charge in [-0.25, -0.2) is 0 Å². The van der Waals surface area contributed by atoms with E-state index >= 15 is 0 Å². The molecule has 0 atom stereocenters. The van der Waals surface area contributed by atoms with Crippen molar-refractivity contribution in [1.82, 2.24) is 4.98 Å². The van der Waals surface area contributed by atoms with E-state index < -0.39 is 0 Å². The van der Waals surface area contributed by atoms with E-state index in [0.717, 1.165) is 0 Å². The van der Waals surface area contributed by atoms with Crippen LogP contribution in [0.3, 0.4) is 0 Å². The molecule has 2 N–H and O–H groups in total. The molecule has 0 aliphatic rings. The number of halogens is 1. The minimum atomic E-state index is -0.199. The van der Waals surface area contributed by atoms with E-state index in [4.69, 9.17) is 11.6 Å². The Morgan fingerprint density at radius 2 is 2.30 bits per heavy atom. The van der Waals surface area contributed by atoms with Gasteiger partial charge in [0.15, 0.2) is 0 Å². The number of rotatable bonds is 1. The predicted octanol–water partition coefficient (Wildman–Crippen LogP) is 1.07. The Morgan fingerprint density at radius 1 is 1.60 bits per heavy atom. The molecule has 0 aliphatic heterocycles. The van der Waals surface area contributed by atoms with E-state index in [-0.39, 0.29) is 5.56 Å². The Balaban J connectivity index is 3.20. The van der Waals surface area contributed by atoms with E-state index in [1.54, 1.807) is 19.2 Å². The molecule has 0 saturated heterocycles. The molecule has 10 heavy (non-hydrogen) atoms. The number of pyridine rings is 1. The lowest BCUT2D eigenvalue weighted by Crippen LogP contribution is -2.10. The normalized spacial score (nSPS) is 9.40. The minimum absolute atomic E-state index is 0.199. The first-order chi connectivity index (χ1) is 4.74. The zero-order valence-electron chi connectivity index (χ0n) is 5.44. The third kappa shape index (κ3) is 1.30. The maximum atomic E-state index is 10.9. The van der Waals surface area contributed by atoms with Crippen LogP contribution in [0.2, 0.25) is 5.15 Å². The number of hydrogen-bond acceptors (Lipinski definition) is 2. The maximum absolute atomic E-state index is 10.9. The summed E-state index contributed by atoms with van der Waals surface area (Å²) < 4.78 is 0. The van der Waals surface area contributed by atoms with Crippen LogP contribution in [0.4, 0.5) is 5.69 Å². The minimum Gasteiger partial charge on any atom is -0.384 e. The van der Waals surface area contributed by atoms with Crippen molar-refractivity contribution >= 4 is 17.3 Å². The first-order valence-electron chi connectivity index (χ1n) is 2.80. The van der Waals surface area contributed by atoms with Gasteiger partial charge in [-0.05, 0) is 12.1 Å². The Kier molecular flexibility index (Phi) is 1.97. The molecule has 54 valence electrons. The number of H-pyrrole nitrogens is 1. The summed E-state index contributed by atoms with van der Waals surface area (Å²) in [7, 11) is 1.68. The number of hydrogen-bond donors (Lipinski definition) is 2. The number of nitrogens with one attached hydrogen (secondary N) is 2. The van der Waals surface area contributed by atoms with E-state index in [0.29, 0.717) is 10.8 Å². The summed E-state index contributed by atoms with van der Waals surface area (Å²) in [4.78, 5) is 13.3. The summed E-state index contributed by atoms with van der Waals surface area (Å²) in [5.41, 5.74) is 0.319. The second-order valence-electron chi connectivity index (χ2n) is 1.80. The number of anilines is 1. The summed E-state index contributed by atoms with van der Waals surface area (Å²) in [6, 6.07) is 3.25. The van der Waals surface area contributed by atoms with E-state index in [9.17, 15) is 4.79 Å². The van der Waals surface area contributed by atoms with Crippen LogP contribution in [0.15, 0.2) is 16.9 Å². The average molecular weight is 159 g/mol. The highest BCUT2D eigenvalue weighted by Crippen LogP contribution is 2.02. The zero-order valence-corrected chi connectivity index (χ0v) is 6.20. The molecule has 1 heterocycles. The third-order valence-electron chi connectivity index (χ3n) is 1.14. The van der Waals surface area contributed by atoms with Crippen molar-refractivity contribution in [3.8, 4) is 0 Å². The van der Waals surface area contributed by atoms with Gasteiger partial charge in [0.2, 0.25) is 0 Å². The van der Waals surface area contributed by atoms with Crippen LogP contribution in [0.1, 0.15) is 0 Å². The second-order valence-corrected chi connectivity index (χ2v) is 2.21. The van der Waals surface area contributed by atoms with Crippen LogP contribution in [0, 0.1) is 0 Å². The molecule has 0 saturated carbocycles. The van der Waals surface area contributed by atoms with E-state index in [1.165, 1.54) is 0 Å². The van der Waals surface area contributed by atoms with E-state index in [2.05, 4.69) is 10.3 Å². The van der Waals surface area contributed by atoms with Crippen molar-refractivity contribution in [2.45, 2.75) is 0 Å². The molecule has 0 amide bonds.